The molecule has 0 saturated heterocycles. The number of amides is 1. The van der Waals surface area contributed by atoms with E-state index in [0.717, 1.165) is 0 Å². The monoisotopic (exact) mass is 408 g/mol. The van der Waals surface area contributed by atoms with Crippen LogP contribution in [0.25, 0.3) is 0 Å². The standard InChI is InChI=1S/C22H20N2O4S/c1-15(22(26)24-19-10-12-20(13-11-19)29(23,27)28)17-8-5-9-18(14-17)21(25)16-6-3-2-4-7-16/h2-15H,1H3,(H,24,26)(H2,23,27,28). The second kappa shape index (κ2) is 8.38. The van der Waals surface area contributed by atoms with Crippen molar-refractivity contribution in [3.05, 3.63) is 95.6 Å². The summed E-state index contributed by atoms with van der Waals surface area (Å²) >= 11 is 0. The highest BCUT2D eigenvalue weighted by molar-refractivity contribution is 7.89. The highest BCUT2D eigenvalue weighted by Gasteiger charge is 2.18. The predicted octanol–water partition coefficient (Wildman–Crippen LogP) is 3.31. The van der Waals surface area contributed by atoms with Crippen molar-refractivity contribution in [1.29, 1.82) is 0 Å². The number of anilines is 1. The van der Waals surface area contributed by atoms with Gasteiger partial charge in [-0.05, 0) is 42.8 Å². The molecular formula is C22H20N2O4S. The lowest BCUT2D eigenvalue weighted by Crippen LogP contribution is -2.19. The number of carbonyl (C=O) groups excluding carboxylic acids is 2. The van der Waals surface area contributed by atoms with E-state index in [9.17, 15) is 18.0 Å². The Morgan fingerprint density at radius 2 is 1.48 bits per heavy atom. The Morgan fingerprint density at radius 3 is 2.10 bits per heavy atom. The van der Waals surface area contributed by atoms with Crippen LogP contribution in [-0.4, -0.2) is 20.1 Å². The van der Waals surface area contributed by atoms with E-state index in [4.69, 9.17) is 5.14 Å². The van der Waals surface area contributed by atoms with Crippen LogP contribution in [0.3, 0.4) is 0 Å². The SMILES string of the molecule is CC(C(=O)Nc1ccc(S(N)(=O)=O)cc1)c1cccc(C(=O)c2ccccc2)c1. The molecule has 7 heteroatoms. The molecule has 1 atom stereocenters. The van der Waals surface area contributed by atoms with Crippen molar-refractivity contribution in [1.82, 2.24) is 0 Å². The zero-order chi connectivity index (χ0) is 21.0. The van der Waals surface area contributed by atoms with Crippen molar-refractivity contribution in [2.45, 2.75) is 17.7 Å². The van der Waals surface area contributed by atoms with E-state index in [2.05, 4.69) is 5.32 Å². The minimum atomic E-state index is -3.79. The molecule has 0 aliphatic heterocycles. The largest absolute Gasteiger partial charge is 0.326 e. The first-order valence-corrected chi connectivity index (χ1v) is 10.4. The van der Waals surface area contributed by atoms with E-state index in [-0.39, 0.29) is 16.6 Å². The number of ketones is 1. The molecule has 3 aromatic rings. The number of hydrogen-bond donors (Lipinski definition) is 2. The highest BCUT2D eigenvalue weighted by atomic mass is 32.2. The molecule has 0 aliphatic carbocycles. The number of hydrogen-bond acceptors (Lipinski definition) is 4. The molecule has 3 N–H and O–H groups in total. The van der Waals surface area contributed by atoms with Crippen LogP contribution in [0.1, 0.15) is 34.3 Å². The van der Waals surface area contributed by atoms with Gasteiger partial charge >= 0.3 is 0 Å². The van der Waals surface area contributed by atoms with Gasteiger partial charge in [0.2, 0.25) is 15.9 Å². The number of carbonyl (C=O) groups is 2. The summed E-state index contributed by atoms with van der Waals surface area (Å²) < 4.78 is 22.6. The predicted molar refractivity (Wildman–Crippen MR) is 111 cm³/mol. The minimum absolute atomic E-state index is 0.0318. The van der Waals surface area contributed by atoms with Crippen LogP contribution in [0, 0.1) is 0 Å². The highest BCUT2D eigenvalue weighted by Crippen LogP contribution is 2.21. The van der Waals surface area contributed by atoms with Crippen LogP contribution in [0.5, 0.6) is 0 Å². The van der Waals surface area contributed by atoms with Crippen molar-refractivity contribution < 1.29 is 18.0 Å². The number of nitrogens with two attached hydrogens (primary N) is 1. The Labute approximate surface area is 169 Å². The fraction of sp³-hybridized carbons (Fsp3) is 0.0909. The molecule has 0 spiro atoms. The van der Waals surface area contributed by atoms with E-state index in [1.165, 1.54) is 24.3 Å². The number of sulfonamides is 1. The van der Waals surface area contributed by atoms with Crippen molar-refractivity contribution >= 4 is 27.4 Å². The van der Waals surface area contributed by atoms with Crippen molar-refractivity contribution in [3.8, 4) is 0 Å². The zero-order valence-electron chi connectivity index (χ0n) is 15.7. The maximum atomic E-state index is 12.6. The molecule has 0 aromatic heterocycles. The van der Waals surface area contributed by atoms with Crippen LogP contribution in [0.4, 0.5) is 5.69 Å². The van der Waals surface area contributed by atoms with E-state index in [1.54, 1.807) is 55.5 Å². The van der Waals surface area contributed by atoms with Gasteiger partial charge < -0.3 is 5.32 Å². The Hall–Kier alpha value is -3.29. The molecule has 0 bridgehead atoms. The molecule has 148 valence electrons. The van der Waals surface area contributed by atoms with E-state index in [0.29, 0.717) is 22.4 Å². The lowest BCUT2D eigenvalue weighted by atomic mass is 9.95. The molecule has 0 radical (unpaired) electrons. The Morgan fingerprint density at radius 1 is 0.862 bits per heavy atom. The van der Waals surface area contributed by atoms with Gasteiger partial charge in [0.1, 0.15) is 0 Å². The van der Waals surface area contributed by atoms with Crippen LogP contribution in [-0.2, 0) is 14.8 Å². The van der Waals surface area contributed by atoms with Crippen LogP contribution in [0.15, 0.2) is 83.8 Å². The van der Waals surface area contributed by atoms with Crippen LogP contribution in [0.2, 0.25) is 0 Å². The maximum absolute atomic E-state index is 12.6. The number of nitrogens with one attached hydrogen (secondary N) is 1. The summed E-state index contributed by atoms with van der Waals surface area (Å²) in [6, 6.07) is 21.5. The number of primary sulfonamides is 1. The molecular weight excluding hydrogens is 388 g/mol. The summed E-state index contributed by atoms with van der Waals surface area (Å²) in [6.07, 6.45) is 0. The molecule has 1 unspecified atom stereocenters. The summed E-state index contributed by atoms with van der Waals surface area (Å²) in [4.78, 5) is 25.2. The summed E-state index contributed by atoms with van der Waals surface area (Å²) in [5.74, 6) is -0.909. The quantitative estimate of drug-likeness (QED) is 0.610. The van der Waals surface area contributed by atoms with Gasteiger partial charge in [0.25, 0.3) is 0 Å². The Balaban J connectivity index is 1.75. The summed E-state index contributed by atoms with van der Waals surface area (Å²) in [5.41, 5.74) is 2.23. The third kappa shape index (κ3) is 4.96. The molecule has 3 rings (SSSR count). The van der Waals surface area contributed by atoms with Gasteiger partial charge in [-0.2, -0.15) is 0 Å². The molecule has 3 aromatic carbocycles. The average molecular weight is 408 g/mol. The van der Waals surface area contributed by atoms with E-state index >= 15 is 0 Å². The second-order valence-electron chi connectivity index (χ2n) is 6.60. The normalized spacial score (nSPS) is 12.2. The molecule has 0 aliphatic rings. The van der Waals surface area contributed by atoms with Gasteiger partial charge in [0, 0.05) is 16.8 Å². The summed E-state index contributed by atoms with van der Waals surface area (Å²) in [5, 5.41) is 7.81. The van der Waals surface area contributed by atoms with Gasteiger partial charge in [-0.3, -0.25) is 9.59 Å². The first-order chi connectivity index (χ1) is 13.8. The van der Waals surface area contributed by atoms with Crippen molar-refractivity contribution in [3.63, 3.8) is 0 Å². The first kappa shape index (κ1) is 20.4. The third-order valence-corrected chi connectivity index (χ3v) is 5.46. The van der Waals surface area contributed by atoms with Crippen LogP contribution >= 0.6 is 0 Å². The third-order valence-electron chi connectivity index (χ3n) is 4.53. The molecule has 0 saturated carbocycles. The average Bonchev–Trinajstić information content (AvgIpc) is 2.73. The van der Waals surface area contributed by atoms with Crippen molar-refractivity contribution in [2.75, 3.05) is 5.32 Å². The lowest BCUT2D eigenvalue weighted by molar-refractivity contribution is -0.117. The molecule has 1 amide bonds. The second-order valence-corrected chi connectivity index (χ2v) is 8.16. The zero-order valence-corrected chi connectivity index (χ0v) is 16.5. The van der Waals surface area contributed by atoms with Gasteiger partial charge in [0.05, 0.1) is 10.8 Å². The molecule has 0 heterocycles. The molecule has 6 nitrogen and oxygen atoms in total. The fourth-order valence-electron chi connectivity index (χ4n) is 2.84. The number of rotatable bonds is 6. The smallest absolute Gasteiger partial charge is 0.238 e. The minimum Gasteiger partial charge on any atom is -0.326 e. The van der Waals surface area contributed by atoms with Gasteiger partial charge in [-0.25, -0.2) is 13.6 Å². The Bertz CT molecular complexity index is 1140. The van der Waals surface area contributed by atoms with Gasteiger partial charge in [-0.15, -0.1) is 0 Å². The Kier molecular flexibility index (Phi) is 5.91. The molecule has 0 fully saturated rings. The van der Waals surface area contributed by atoms with Gasteiger partial charge in [0.15, 0.2) is 5.78 Å². The maximum Gasteiger partial charge on any atom is 0.238 e. The van der Waals surface area contributed by atoms with Crippen LogP contribution < -0.4 is 10.5 Å². The van der Waals surface area contributed by atoms with Gasteiger partial charge in [-0.1, -0.05) is 48.5 Å². The molecule has 29 heavy (non-hydrogen) atoms. The van der Waals surface area contributed by atoms with E-state index in [1.807, 2.05) is 6.07 Å². The first-order valence-electron chi connectivity index (χ1n) is 8.89. The fourth-order valence-corrected chi connectivity index (χ4v) is 3.35. The number of benzene rings is 3. The lowest BCUT2D eigenvalue weighted by Gasteiger charge is -2.14. The summed E-state index contributed by atoms with van der Waals surface area (Å²) in [7, 11) is -3.79. The van der Waals surface area contributed by atoms with E-state index < -0.39 is 15.9 Å². The van der Waals surface area contributed by atoms with Crippen molar-refractivity contribution in [2.24, 2.45) is 5.14 Å². The topological polar surface area (TPSA) is 106 Å². The summed E-state index contributed by atoms with van der Waals surface area (Å²) in [6.45, 7) is 1.74.